The Labute approximate surface area is 240 Å². The predicted molar refractivity (Wildman–Crippen MR) is 152 cm³/mol. The number of amides is 3. The van der Waals surface area contributed by atoms with Crippen molar-refractivity contribution in [2.45, 2.75) is 85.1 Å². The summed E-state index contributed by atoms with van der Waals surface area (Å²) in [7, 11) is 3.45. The van der Waals surface area contributed by atoms with E-state index in [4.69, 9.17) is 15.6 Å². The molecule has 0 aliphatic carbocycles. The molecule has 0 saturated carbocycles. The number of likely N-dealkylation sites (N-methyl/N-ethyl adjacent to an activating group) is 2. The molecule has 0 aliphatic heterocycles. The van der Waals surface area contributed by atoms with E-state index in [-0.39, 0.29) is 23.8 Å². The van der Waals surface area contributed by atoms with Gasteiger partial charge in [-0.05, 0) is 30.9 Å². The number of hydrogen-bond donors (Lipinski definition) is 4. The Kier molecular flexibility index (Phi) is 13.8. The van der Waals surface area contributed by atoms with E-state index in [0.717, 1.165) is 5.56 Å². The Morgan fingerprint density at radius 3 is 1.78 bits per heavy atom. The molecule has 232 valence electrons. The first-order valence-electron chi connectivity index (χ1n) is 13.1. The normalized spacial score (nSPS) is 14.7. The summed E-state index contributed by atoms with van der Waals surface area (Å²) < 4.78 is 31.7. The maximum atomic E-state index is 13.7. The molecule has 3 amide bonds. The van der Waals surface area contributed by atoms with Crippen LogP contribution in [0.15, 0.2) is 42.0 Å². The number of rotatable bonds is 10. The first kappa shape index (κ1) is 37.6. The maximum absolute atomic E-state index is 13.7. The van der Waals surface area contributed by atoms with Crippen LogP contribution in [0, 0.1) is 11.3 Å². The number of carbonyl (C=O) groups excluding carboxylic acids is 3. The van der Waals surface area contributed by atoms with Gasteiger partial charge in [-0.3, -0.25) is 14.4 Å². The average Bonchev–Trinajstić information content (AvgIpc) is 2.84. The highest BCUT2D eigenvalue weighted by atomic mass is 19.4. The van der Waals surface area contributed by atoms with Gasteiger partial charge in [0.05, 0.1) is 12.1 Å². The van der Waals surface area contributed by atoms with Gasteiger partial charge in [-0.25, -0.2) is 4.79 Å². The van der Waals surface area contributed by atoms with Crippen LogP contribution in [0.2, 0.25) is 0 Å². The van der Waals surface area contributed by atoms with E-state index in [2.05, 4.69) is 10.6 Å². The fourth-order valence-electron chi connectivity index (χ4n) is 4.17. The van der Waals surface area contributed by atoms with Crippen molar-refractivity contribution in [1.29, 1.82) is 0 Å². The quantitative estimate of drug-likeness (QED) is 0.309. The Bertz CT molecular complexity index is 1080. The number of nitrogens with one attached hydrogen (secondary N) is 2. The molecule has 12 heteroatoms. The van der Waals surface area contributed by atoms with E-state index in [1.165, 1.54) is 0 Å². The highest BCUT2D eigenvalue weighted by molar-refractivity contribution is 5.92. The van der Waals surface area contributed by atoms with Crippen molar-refractivity contribution >= 4 is 23.7 Å². The van der Waals surface area contributed by atoms with Gasteiger partial charge in [0, 0.05) is 18.0 Å². The summed E-state index contributed by atoms with van der Waals surface area (Å²) in [6.07, 6.45) is -3.36. The second kappa shape index (κ2) is 15.0. The second-order valence-electron chi connectivity index (χ2n) is 11.8. The minimum Gasteiger partial charge on any atom is -0.475 e. The minimum absolute atomic E-state index is 0.0432. The van der Waals surface area contributed by atoms with Crippen molar-refractivity contribution in [3.8, 4) is 0 Å². The van der Waals surface area contributed by atoms with Gasteiger partial charge < -0.3 is 26.4 Å². The number of halogens is 3. The lowest BCUT2D eigenvalue weighted by Gasteiger charge is -2.40. The number of carboxylic acids is 1. The van der Waals surface area contributed by atoms with E-state index >= 15 is 0 Å². The van der Waals surface area contributed by atoms with Crippen LogP contribution < -0.4 is 16.4 Å². The number of primary amides is 1. The van der Waals surface area contributed by atoms with E-state index in [0.29, 0.717) is 5.57 Å². The molecule has 0 bridgehead atoms. The zero-order valence-electron chi connectivity index (χ0n) is 25.5. The van der Waals surface area contributed by atoms with Gasteiger partial charge in [0.15, 0.2) is 0 Å². The molecule has 1 aromatic rings. The highest BCUT2D eigenvalue weighted by Gasteiger charge is 2.41. The number of nitrogens with two attached hydrogens (primary N) is 1. The van der Waals surface area contributed by atoms with Gasteiger partial charge in [-0.2, -0.15) is 13.2 Å². The van der Waals surface area contributed by atoms with E-state index in [9.17, 15) is 27.6 Å². The number of benzene rings is 1. The Morgan fingerprint density at radius 1 is 0.976 bits per heavy atom. The maximum Gasteiger partial charge on any atom is 0.490 e. The van der Waals surface area contributed by atoms with Crippen LogP contribution in [0.25, 0.3) is 0 Å². The molecule has 0 aliphatic rings. The topological polar surface area (TPSA) is 142 Å². The van der Waals surface area contributed by atoms with Crippen molar-refractivity contribution in [2.24, 2.45) is 17.1 Å². The molecule has 1 rings (SSSR count). The third-order valence-electron chi connectivity index (χ3n) is 6.72. The lowest BCUT2D eigenvalue weighted by atomic mass is 9.76. The van der Waals surface area contributed by atoms with E-state index in [1.807, 2.05) is 78.8 Å². The molecule has 0 spiro atoms. The van der Waals surface area contributed by atoms with E-state index in [1.54, 1.807) is 32.0 Å². The lowest BCUT2D eigenvalue weighted by molar-refractivity contribution is -0.192. The number of alkyl halides is 3. The van der Waals surface area contributed by atoms with Gasteiger partial charge >= 0.3 is 12.1 Å². The first-order valence-corrected chi connectivity index (χ1v) is 13.1. The summed E-state index contributed by atoms with van der Waals surface area (Å²) in [5, 5.41) is 13.3. The molecular formula is C29H45F3N4O5. The van der Waals surface area contributed by atoms with Crippen LogP contribution in [0.1, 0.15) is 61.0 Å². The molecule has 1 aromatic carbocycles. The fraction of sp³-hybridized carbons (Fsp3) is 0.586. The zero-order valence-corrected chi connectivity index (χ0v) is 25.5. The van der Waals surface area contributed by atoms with Gasteiger partial charge in [0.25, 0.3) is 0 Å². The molecule has 41 heavy (non-hydrogen) atoms. The number of carboxylic acid groups (broad SMARTS) is 1. The SMILES string of the molecule is CN[C@H](C(=O)N[C@H](C(=O)N(C)[C@H](/C=C(\C)C(N)=O)C(C)C)C(C)(C)C)C(C)(C)c1ccccc1.O=C(O)C(F)(F)F. The zero-order chi connectivity index (χ0) is 32.5. The van der Waals surface area contributed by atoms with Gasteiger partial charge in [-0.1, -0.05) is 84.9 Å². The molecule has 0 aromatic heterocycles. The largest absolute Gasteiger partial charge is 0.490 e. The van der Waals surface area contributed by atoms with Crippen molar-refractivity contribution in [2.75, 3.05) is 14.1 Å². The van der Waals surface area contributed by atoms with Gasteiger partial charge in [0.1, 0.15) is 6.04 Å². The van der Waals surface area contributed by atoms with Crippen LogP contribution in [-0.2, 0) is 24.6 Å². The van der Waals surface area contributed by atoms with Crippen LogP contribution >= 0.6 is 0 Å². The first-order chi connectivity index (χ1) is 18.5. The van der Waals surface area contributed by atoms with Crippen molar-refractivity contribution in [3.63, 3.8) is 0 Å². The average molecular weight is 587 g/mol. The fourth-order valence-corrected chi connectivity index (χ4v) is 4.17. The Hall–Kier alpha value is -3.41. The van der Waals surface area contributed by atoms with Crippen molar-refractivity contribution < 1.29 is 37.5 Å². The van der Waals surface area contributed by atoms with Crippen LogP contribution in [0.5, 0.6) is 0 Å². The molecule has 0 saturated heterocycles. The lowest BCUT2D eigenvalue weighted by Crippen LogP contribution is -2.61. The minimum atomic E-state index is -5.08. The number of carbonyl (C=O) groups is 4. The van der Waals surface area contributed by atoms with Crippen LogP contribution in [0.3, 0.4) is 0 Å². The third kappa shape index (κ3) is 11.2. The van der Waals surface area contributed by atoms with Crippen LogP contribution in [-0.4, -0.2) is 72.1 Å². The third-order valence-corrected chi connectivity index (χ3v) is 6.72. The highest BCUT2D eigenvalue weighted by Crippen LogP contribution is 2.29. The summed E-state index contributed by atoms with van der Waals surface area (Å²) in [5.41, 5.74) is 5.78. The summed E-state index contributed by atoms with van der Waals surface area (Å²) in [4.78, 5) is 49.3. The molecule has 0 fully saturated rings. The van der Waals surface area contributed by atoms with Crippen molar-refractivity contribution in [3.05, 3.63) is 47.5 Å². The van der Waals surface area contributed by atoms with E-state index < -0.39 is 41.0 Å². The molecule has 5 N–H and O–H groups in total. The molecule has 9 nitrogen and oxygen atoms in total. The predicted octanol–water partition coefficient (Wildman–Crippen LogP) is 3.63. The number of aliphatic carboxylic acids is 1. The summed E-state index contributed by atoms with van der Waals surface area (Å²) in [6.45, 7) is 15.4. The summed E-state index contributed by atoms with van der Waals surface area (Å²) in [6, 6.07) is 8.17. The molecule has 0 radical (unpaired) electrons. The summed E-state index contributed by atoms with van der Waals surface area (Å²) in [5.74, 6) is -3.70. The molecular weight excluding hydrogens is 541 g/mol. The van der Waals surface area contributed by atoms with Crippen LogP contribution in [0.4, 0.5) is 13.2 Å². The number of hydrogen-bond acceptors (Lipinski definition) is 5. The molecule has 3 atom stereocenters. The smallest absolute Gasteiger partial charge is 0.475 e. The molecule has 0 unspecified atom stereocenters. The number of nitrogens with zero attached hydrogens (tertiary/aromatic N) is 1. The van der Waals surface area contributed by atoms with Gasteiger partial charge in [0.2, 0.25) is 17.7 Å². The summed E-state index contributed by atoms with van der Waals surface area (Å²) >= 11 is 0. The monoisotopic (exact) mass is 586 g/mol. The van der Waals surface area contributed by atoms with Crippen molar-refractivity contribution in [1.82, 2.24) is 15.5 Å². The second-order valence-corrected chi connectivity index (χ2v) is 11.8. The standard InChI is InChI=1S/C27H44N4O3.C2HF3O2/c1-17(2)20(16-18(3)23(28)32)31(10)25(34)22(26(4,5)6)30-24(33)21(29-9)27(7,8)19-14-12-11-13-15-19;3-2(4,5)1(6)7/h11-17,20-22,29H,1-10H3,(H2,28,32)(H,30,33);(H,6,7)/b18-16+;/t20-,21-,22-;/m1./s1. The molecule has 0 heterocycles. The van der Waals surface area contributed by atoms with Gasteiger partial charge in [-0.15, -0.1) is 0 Å². The Balaban J connectivity index is 0.00000201. The Morgan fingerprint density at radius 2 is 1.44 bits per heavy atom.